The summed E-state index contributed by atoms with van der Waals surface area (Å²) in [5, 5.41) is 32.5. The standard InChI is InChI=1S/C26H22O8/c27-16-20-23(30)25(32,21(28)17-10-4-1-5-11-17)26(33-20,22(29)18-12-6-2-7-13-18)34-24(31)19-14-8-3-9-15-19/h1-15,20,23,27,30,32H,16H2/t20-,23-,25+,26-/m1/s1. The molecule has 0 saturated carbocycles. The summed E-state index contributed by atoms with van der Waals surface area (Å²) < 4.78 is 11.1. The first-order valence-electron chi connectivity index (χ1n) is 10.5. The zero-order valence-electron chi connectivity index (χ0n) is 17.9. The highest BCUT2D eigenvalue weighted by Crippen LogP contribution is 2.45. The summed E-state index contributed by atoms with van der Waals surface area (Å²) in [4.78, 5) is 40.5. The van der Waals surface area contributed by atoms with Crippen LogP contribution in [0.15, 0.2) is 91.0 Å². The fourth-order valence-corrected chi connectivity index (χ4v) is 3.98. The minimum Gasteiger partial charge on any atom is -0.417 e. The van der Waals surface area contributed by atoms with E-state index in [4.69, 9.17) is 9.47 Å². The van der Waals surface area contributed by atoms with Crippen LogP contribution in [0.3, 0.4) is 0 Å². The molecule has 1 aliphatic heterocycles. The molecular weight excluding hydrogens is 440 g/mol. The number of ether oxygens (including phenoxy) is 2. The van der Waals surface area contributed by atoms with Crippen LogP contribution in [0.1, 0.15) is 31.1 Å². The Morgan fingerprint density at radius 1 is 0.765 bits per heavy atom. The molecule has 1 heterocycles. The van der Waals surface area contributed by atoms with Crippen molar-refractivity contribution in [3.63, 3.8) is 0 Å². The van der Waals surface area contributed by atoms with E-state index >= 15 is 0 Å². The number of carbonyl (C=O) groups excluding carboxylic acids is 3. The van der Waals surface area contributed by atoms with Crippen molar-refractivity contribution in [3.8, 4) is 0 Å². The van der Waals surface area contributed by atoms with Gasteiger partial charge in [-0.25, -0.2) is 4.79 Å². The molecule has 3 N–H and O–H groups in total. The predicted octanol–water partition coefficient (Wildman–Crippen LogP) is 1.79. The highest BCUT2D eigenvalue weighted by atomic mass is 16.8. The molecule has 3 aromatic carbocycles. The quantitative estimate of drug-likeness (QED) is 0.358. The van der Waals surface area contributed by atoms with E-state index in [0.717, 1.165) is 0 Å². The maximum atomic E-state index is 13.8. The highest BCUT2D eigenvalue weighted by Gasteiger charge is 2.75. The maximum Gasteiger partial charge on any atom is 0.341 e. The van der Waals surface area contributed by atoms with Crippen LogP contribution >= 0.6 is 0 Å². The minimum absolute atomic E-state index is 0.0165. The normalized spacial score (nSPS) is 26.1. The molecule has 4 atom stereocenters. The number of Topliss-reactive ketones (excluding diaryl/α,β-unsaturated/α-hetero) is 2. The van der Waals surface area contributed by atoms with Gasteiger partial charge in [0.05, 0.1) is 12.2 Å². The van der Waals surface area contributed by atoms with Gasteiger partial charge in [0.25, 0.3) is 0 Å². The number of aliphatic hydroxyl groups is 3. The van der Waals surface area contributed by atoms with Crippen LogP contribution < -0.4 is 0 Å². The minimum atomic E-state index is -3.07. The molecule has 3 aromatic rings. The number of ketones is 2. The first-order valence-corrected chi connectivity index (χ1v) is 10.5. The summed E-state index contributed by atoms with van der Waals surface area (Å²) in [7, 11) is 0. The molecule has 0 radical (unpaired) electrons. The van der Waals surface area contributed by atoms with Gasteiger partial charge >= 0.3 is 11.8 Å². The van der Waals surface area contributed by atoms with Gasteiger partial charge in [-0.05, 0) is 12.1 Å². The zero-order valence-corrected chi connectivity index (χ0v) is 17.9. The average Bonchev–Trinajstić information content (AvgIpc) is 3.12. The topological polar surface area (TPSA) is 130 Å². The number of aliphatic hydroxyl groups excluding tert-OH is 2. The Bertz CT molecular complexity index is 1180. The third-order valence-corrected chi connectivity index (χ3v) is 5.74. The van der Waals surface area contributed by atoms with Crippen LogP contribution in [0.4, 0.5) is 0 Å². The van der Waals surface area contributed by atoms with Crippen LogP contribution in [0.25, 0.3) is 0 Å². The van der Waals surface area contributed by atoms with E-state index in [1.165, 1.54) is 60.7 Å². The number of hydrogen-bond acceptors (Lipinski definition) is 8. The third kappa shape index (κ3) is 3.72. The van der Waals surface area contributed by atoms with Gasteiger partial charge in [-0.15, -0.1) is 0 Å². The monoisotopic (exact) mass is 462 g/mol. The van der Waals surface area contributed by atoms with E-state index in [1.54, 1.807) is 30.3 Å². The SMILES string of the molecule is O=C(O[C@@]1(C(=O)c2ccccc2)O[C@H](CO)[C@@H](O)[C@@]1(O)C(=O)c1ccccc1)c1ccccc1. The first-order chi connectivity index (χ1) is 16.3. The average molecular weight is 462 g/mol. The molecule has 34 heavy (non-hydrogen) atoms. The lowest BCUT2D eigenvalue weighted by molar-refractivity contribution is -0.216. The summed E-state index contributed by atoms with van der Waals surface area (Å²) in [6.07, 6.45) is -3.70. The molecule has 0 amide bonds. The maximum absolute atomic E-state index is 13.8. The van der Waals surface area contributed by atoms with Crippen molar-refractivity contribution in [2.24, 2.45) is 0 Å². The van der Waals surface area contributed by atoms with Crippen molar-refractivity contribution >= 4 is 17.5 Å². The lowest BCUT2D eigenvalue weighted by Gasteiger charge is -2.38. The van der Waals surface area contributed by atoms with Gasteiger partial charge in [-0.1, -0.05) is 78.9 Å². The Kier molecular flexibility index (Phi) is 6.41. The molecule has 0 aliphatic carbocycles. The van der Waals surface area contributed by atoms with Crippen LogP contribution in [0.5, 0.6) is 0 Å². The van der Waals surface area contributed by atoms with Gasteiger partial charge in [0.2, 0.25) is 17.2 Å². The van der Waals surface area contributed by atoms with Crippen molar-refractivity contribution in [1.29, 1.82) is 0 Å². The lowest BCUT2D eigenvalue weighted by atomic mass is 9.77. The Balaban J connectivity index is 1.92. The van der Waals surface area contributed by atoms with Gasteiger partial charge < -0.3 is 24.8 Å². The van der Waals surface area contributed by atoms with Crippen molar-refractivity contribution < 1.29 is 39.2 Å². The molecule has 0 unspecified atom stereocenters. The molecule has 0 spiro atoms. The van der Waals surface area contributed by atoms with Gasteiger partial charge in [-0.3, -0.25) is 9.59 Å². The second kappa shape index (κ2) is 9.28. The first kappa shape index (κ1) is 23.5. The molecule has 1 saturated heterocycles. The lowest BCUT2D eigenvalue weighted by Crippen LogP contribution is -2.67. The Labute approximate surface area is 195 Å². The molecule has 0 bridgehead atoms. The Morgan fingerprint density at radius 2 is 1.21 bits per heavy atom. The molecule has 174 valence electrons. The number of carbonyl (C=O) groups is 3. The summed E-state index contributed by atoms with van der Waals surface area (Å²) in [6.45, 7) is -0.863. The van der Waals surface area contributed by atoms with Crippen molar-refractivity contribution in [1.82, 2.24) is 0 Å². The van der Waals surface area contributed by atoms with E-state index < -0.39 is 47.7 Å². The molecule has 8 nitrogen and oxygen atoms in total. The van der Waals surface area contributed by atoms with Gasteiger partial charge in [0, 0.05) is 11.1 Å². The number of esters is 1. The van der Waals surface area contributed by atoms with Gasteiger partial charge in [0.15, 0.2) is 0 Å². The van der Waals surface area contributed by atoms with Crippen molar-refractivity contribution in [2.75, 3.05) is 6.61 Å². The molecule has 1 fully saturated rings. The van der Waals surface area contributed by atoms with Crippen LogP contribution in [-0.2, 0) is 9.47 Å². The van der Waals surface area contributed by atoms with E-state index in [1.807, 2.05) is 0 Å². The summed E-state index contributed by atoms with van der Waals surface area (Å²) in [5.41, 5.74) is -3.16. The summed E-state index contributed by atoms with van der Waals surface area (Å²) >= 11 is 0. The van der Waals surface area contributed by atoms with Crippen LogP contribution in [0.2, 0.25) is 0 Å². The predicted molar refractivity (Wildman–Crippen MR) is 119 cm³/mol. The zero-order chi connectivity index (χ0) is 24.3. The summed E-state index contributed by atoms with van der Waals surface area (Å²) in [5.74, 6) is -6.24. The molecule has 0 aromatic heterocycles. The van der Waals surface area contributed by atoms with E-state index in [-0.39, 0.29) is 16.7 Å². The van der Waals surface area contributed by atoms with Crippen LogP contribution in [-0.4, -0.2) is 63.1 Å². The number of rotatable bonds is 7. The smallest absolute Gasteiger partial charge is 0.341 e. The molecule has 4 rings (SSSR count). The fourth-order valence-electron chi connectivity index (χ4n) is 3.98. The molecule has 8 heteroatoms. The molecule has 1 aliphatic rings. The van der Waals surface area contributed by atoms with E-state index in [9.17, 15) is 29.7 Å². The van der Waals surface area contributed by atoms with Gasteiger partial charge in [0.1, 0.15) is 12.2 Å². The largest absolute Gasteiger partial charge is 0.417 e. The molecular formula is C26H22O8. The number of benzene rings is 3. The highest BCUT2D eigenvalue weighted by molar-refractivity contribution is 6.13. The second-order valence-electron chi connectivity index (χ2n) is 7.81. The van der Waals surface area contributed by atoms with Crippen molar-refractivity contribution in [3.05, 3.63) is 108 Å². The van der Waals surface area contributed by atoms with Gasteiger partial charge in [-0.2, -0.15) is 0 Å². The summed E-state index contributed by atoms with van der Waals surface area (Å²) in [6, 6.07) is 22.5. The van der Waals surface area contributed by atoms with Crippen LogP contribution in [0, 0.1) is 0 Å². The van der Waals surface area contributed by atoms with Crippen molar-refractivity contribution in [2.45, 2.75) is 23.6 Å². The number of hydrogen-bond donors (Lipinski definition) is 3. The fraction of sp³-hybridized carbons (Fsp3) is 0.192. The van der Waals surface area contributed by atoms with E-state index in [0.29, 0.717) is 0 Å². The Morgan fingerprint density at radius 3 is 1.68 bits per heavy atom. The van der Waals surface area contributed by atoms with E-state index in [2.05, 4.69) is 0 Å². The Hall–Kier alpha value is -3.69. The second-order valence-corrected chi connectivity index (χ2v) is 7.81. The third-order valence-electron chi connectivity index (χ3n) is 5.74.